The van der Waals surface area contributed by atoms with Crippen LogP contribution in [-0.2, 0) is 16.1 Å². The van der Waals surface area contributed by atoms with E-state index in [2.05, 4.69) is 4.98 Å². The predicted octanol–water partition coefficient (Wildman–Crippen LogP) is 3.90. The molecule has 0 saturated heterocycles. The van der Waals surface area contributed by atoms with E-state index >= 15 is 0 Å². The van der Waals surface area contributed by atoms with Gasteiger partial charge >= 0.3 is 5.97 Å². The van der Waals surface area contributed by atoms with Gasteiger partial charge in [-0.25, -0.2) is 9.18 Å². The van der Waals surface area contributed by atoms with Crippen molar-refractivity contribution in [3.63, 3.8) is 0 Å². The van der Waals surface area contributed by atoms with Crippen LogP contribution in [0.5, 0.6) is 0 Å². The lowest BCUT2D eigenvalue weighted by atomic mass is 10.0. The molecule has 0 spiro atoms. The molecular formula is C21H19ClFN3O3. The van der Waals surface area contributed by atoms with Crippen LogP contribution in [0.4, 0.5) is 4.39 Å². The fourth-order valence-corrected chi connectivity index (χ4v) is 3.88. The molecule has 0 N–H and O–H groups in total. The molecule has 6 nitrogen and oxygen atoms in total. The van der Waals surface area contributed by atoms with E-state index in [0.29, 0.717) is 35.4 Å². The Labute approximate surface area is 171 Å². The topological polar surface area (TPSA) is 64.4 Å². The highest BCUT2D eigenvalue weighted by molar-refractivity contribution is 6.30. The number of amides is 1. The number of hydrogen-bond donors (Lipinski definition) is 0. The van der Waals surface area contributed by atoms with E-state index in [4.69, 9.17) is 16.3 Å². The van der Waals surface area contributed by atoms with E-state index in [1.807, 2.05) is 10.6 Å². The second-order valence-electron chi connectivity index (χ2n) is 6.80. The lowest BCUT2D eigenvalue weighted by molar-refractivity contribution is -0.148. The molecule has 0 aliphatic carbocycles. The summed E-state index contributed by atoms with van der Waals surface area (Å²) in [5.74, 6) is -1.35. The van der Waals surface area contributed by atoms with Crippen molar-refractivity contribution in [3.8, 4) is 11.1 Å². The second-order valence-corrected chi connectivity index (χ2v) is 7.21. The van der Waals surface area contributed by atoms with Crippen molar-refractivity contribution in [1.82, 2.24) is 14.5 Å². The normalized spacial score (nSPS) is 14.8. The highest BCUT2D eigenvalue weighted by atomic mass is 35.5. The van der Waals surface area contributed by atoms with E-state index < -0.39 is 17.8 Å². The summed E-state index contributed by atoms with van der Waals surface area (Å²) < 4.78 is 21.1. The van der Waals surface area contributed by atoms with Crippen molar-refractivity contribution >= 4 is 34.5 Å². The first kappa shape index (κ1) is 19.4. The predicted molar refractivity (Wildman–Crippen MR) is 107 cm³/mol. The molecule has 0 fully saturated rings. The number of halogens is 2. The maximum absolute atomic E-state index is 14.2. The molecule has 2 aromatic heterocycles. The lowest BCUT2D eigenvalue weighted by Crippen LogP contribution is -2.49. The Morgan fingerprint density at radius 2 is 2.14 bits per heavy atom. The highest BCUT2D eigenvalue weighted by Gasteiger charge is 2.36. The largest absolute Gasteiger partial charge is 0.464 e. The summed E-state index contributed by atoms with van der Waals surface area (Å²) >= 11 is 5.84. The zero-order chi connectivity index (χ0) is 20.7. The number of pyridine rings is 1. The van der Waals surface area contributed by atoms with Gasteiger partial charge in [-0.3, -0.25) is 9.78 Å². The Balaban J connectivity index is 1.89. The van der Waals surface area contributed by atoms with Crippen LogP contribution in [0.25, 0.3) is 22.2 Å². The number of esters is 1. The van der Waals surface area contributed by atoms with Gasteiger partial charge in [-0.15, -0.1) is 0 Å². The SMILES string of the molecule is CCOC(=O)C(C)N1CCn2c(c(-c3ccc(Cl)c(F)c3)c3ncccc32)C1=O. The molecule has 1 amide bonds. The minimum Gasteiger partial charge on any atom is -0.464 e. The third-order valence-corrected chi connectivity index (χ3v) is 5.46. The van der Waals surface area contributed by atoms with Gasteiger partial charge in [-0.05, 0) is 43.7 Å². The molecule has 0 saturated carbocycles. The average Bonchev–Trinajstić information content (AvgIpc) is 3.05. The van der Waals surface area contributed by atoms with E-state index in [9.17, 15) is 14.0 Å². The van der Waals surface area contributed by atoms with Gasteiger partial charge in [0.15, 0.2) is 0 Å². The van der Waals surface area contributed by atoms with Crippen LogP contribution in [0.2, 0.25) is 5.02 Å². The summed E-state index contributed by atoms with van der Waals surface area (Å²) in [5, 5.41) is 0.00276. The zero-order valence-corrected chi connectivity index (χ0v) is 16.7. The Bertz CT molecular complexity index is 1130. The van der Waals surface area contributed by atoms with Crippen LogP contribution in [-0.4, -0.2) is 45.5 Å². The van der Waals surface area contributed by atoms with Crippen LogP contribution in [0.15, 0.2) is 36.5 Å². The third kappa shape index (κ3) is 3.15. The van der Waals surface area contributed by atoms with E-state index in [1.54, 1.807) is 32.2 Å². The fraction of sp³-hybridized carbons (Fsp3) is 0.286. The van der Waals surface area contributed by atoms with Crippen LogP contribution in [0.1, 0.15) is 24.3 Å². The molecule has 1 aliphatic rings. The maximum Gasteiger partial charge on any atom is 0.328 e. The smallest absolute Gasteiger partial charge is 0.328 e. The Morgan fingerprint density at radius 3 is 2.86 bits per heavy atom. The number of nitrogens with zero attached hydrogens (tertiary/aromatic N) is 3. The summed E-state index contributed by atoms with van der Waals surface area (Å²) in [5.41, 5.74) is 2.79. The molecule has 150 valence electrons. The minimum absolute atomic E-state index is 0.00276. The summed E-state index contributed by atoms with van der Waals surface area (Å²) in [6, 6.07) is 7.36. The first-order valence-electron chi connectivity index (χ1n) is 9.34. The van der Waals surface area contributed by atoms with E-state index in [1.165, 1.54) is 17.0 Å². The molecule has 1 aliphatic heterocycles. The fourth-order valence-electron chi connectivity index (χ4n) is 3.76. The minimum atomic E-state index is -0.725. The molecule has 29 heavy (non-hydrogen) atoms. The molecule has 8 heteroatoms. The van der Waals surface area contributed by atoms with Gasteiger partial charge in [0.2, 0.25) is 0 Å². The molecule has 3 aromatic rings. The van der Waals surface area contributed by atoms with Gasteiger partial charge in [0.05, 0.1) is 22.7 Å². The molecule has 0 bridgehead atoms. The van der Waals surface area contributed by atoms with E-state index in [0.717, 1.165) is 5.52 Å². The Hall–Kier alpha value is -2.93. The summed E-state index contributed by atoms with van der Waals surface area (Å²) in [6.45, 7) is 4.46. The third-order valence-electron chi connectivity index (χ3n) is 5.15. The number of carbonyl (C=O) groups is 2. The van der Waals surface area contributed by atoms with E-state index in [-0.39, 0.29) is 17.5 Å². The van der Waals surface area contributed by atoms with Crippen LogP contribution >= 0.6 is 11.6 Å². The van der Waals surface area contributed by atoms with Crippen LogP contribution in [0, 0.1) is 5.82 Å². The summed E-state index contributed by atoms with van der Waals surface area (Å²) in [4.78, 5) is 31.6. The van der Waals surface area contributed by atoms with Gasteiger partial charge < -0.3 is 14.2 Å². The van der Waals surface area contributed by atoms with Crippen LogP contribution < -0.4 is 0 Å². The number of fused-ring (bicyclic) bond motifs is 3. The van der Waals surface area contributed by atoms with Gasteiger partial charge in [0.25, 0.3) is 5.91 Å². The Kier molecular flexibility index (Phi) is 5.00. The standard InChI is InChI=1S/C21H19ClFN3O3/c1-3-29-21(28)12(2)25-9-10-26-16-5-4-8-24-18(16)17(19(26)20(25)27)13-6-7-14(22)15(23)11-13/h4-8,11-12H,3,9-10H2,1-2H3. The maximum atomic E-state index is 14.2. The van der Waals surface area contributed by atoms with Crippen molar-refractivity contribution in [2.75, 3.05) is 13.2 Å². The molecule has 1 atom stereocenters. The zero-order valence-electron chi connectivity index (χ0n) is 16.0. The lowest BCUT2D eigenvalue weighted by Gasteiger charge is -2.32. The first-order valence-corrected chi connectivity index (χ1v) is 9.72. The number of rotatable bonds is 4. The molecule has 3 heterocycles. The summed E-state index contributed by atoms with van der Waals surface area (Å²) in [7, 11) is 0. The molecular weight excluding hydrogens is 397 g/mol. The molecule has 0 radical (unpaired) electrons. The van der Waals surface area contributed by atoms with Crippen molar-refractivity contribution in [2.24, 2.45) is 0 Å². The molecule has 4 rings (SSSR count). The van der Waals surface area contributed by atoms with Crippen molar-refractivity contribution in [3.05, 3.63) is 53.1 Å². The average molecular weight is 416 g/mol. The number of carbonyl (C=O) groups excluding carboxylic acids is 2. The van der Waals surface area contributed by atoms with Gasteiger partial charge in [0.1, 0.15) is 17.6 Å². The highest BCUT2D eigenvalue weighted by Crippen LogP contribution is 2.37. The number of benzene rings is 1. The summed E-state index contributed by atoms with van der Waals surface area (Å²) in [6.07, 6.45) is 1.63. The van der Waals surface area contributed by atoms with Crippen molar-refractivity contribution in [2.45, 2.75) is 26.4 Å². The Morgan fingerprint density at radius 1 is 1.34 bits per heavy atom. The quantitative estimate of drug-likeness (QED) is 0.606. The molecule has 1 unspecified atom stereocenters. The van der Waals surface area contributed by atoms with Gasteiger partial charge in [-0.2, -0.15) is 0 Å². The monoisotopic (exact) mass is 415 g/mol. The number of ether oxygens (including phenoxy) is 1. The van der Waals surface area contributed by atoms with Gasteiger partial charge in [-0.1, -0.05) is 17.7 Å². The van der Waals surface area contributed by atoms with Crippen molar-refractivity contribution in [1.29, 1.82) is 0 Å². The number of hydrogen-bond acceptors (Lipinski definition) is 4. The second kappa shape index (κ2) is 7.48. The number of aromatic nitrogens is 2. The van der Waals surface area contributed by atoms with Crippen molar-refractivity contribution < 1.29 is 18.7 Å². The van der Waals surface area contributed by atoms with Crippen LogP contribution in [0.3, 0.4) is 0 Å². The molecule has 1 aromatic carbocycles. The van der Waals surface area contributed by atoms with Gasteiger partial charge in [0, 0.05) is 24.8 Å². The first-order chi connectivity index (χ1) is 13.9.